The molecular weight excluding hydrogens is 328 g/mol. The summed E-state index contributed by atoms with van der Waals surface area (Å²) in [7, 11) is 0. The average Bonchev–Trinajstić information content (AvgIpc) is 2.63. The maximum atomic E-state index is 12.0. The van der Waals surface area contributed by atoms with Gasteiger partial charge in [0.1, 0.15) is 0 Å². The molecule has 144 valence electrons. The number of amides is 2. The highest BCUT2D eigenvalue weighted by atomic mass is 16.2. The van der Waals surface area contributed by atoms with Crippen molar-refractivity contribution < 1.29 is 9.59 Å². The highest BCUT2D eigenvalue weighted by molar-refractivity contribution is 5.90. The van der Waals surface area contributed by atoms with Crippen LogP contribution < -0.4 is 16.8 Å². The first kappa shape index (κ1) is 20.4. The van der Waals surface area contributed by atoms with Crippen molar-refractivity contribution in [3.63, 3.8) is 0 Å². The molecule has 26 heavy (non-hydrogen) atoms. The summed E-state index contributed by atoms with van der Waals surface area (Å²) < 4.78 is 0. The highest BCUT2D eigenvalue weighted by Gasteiger charge is 2.23. The molecule has 0 aliphatic carbocycles. The van der Waals surface area contributed by atoms with Crippen LogP contribution >= 0.6 is 0 Å². The summed E-state index contributed by atoms with van der Waals surface area (Å²) in [6.07, 6.45) is 6.52. The van der Waals surface area contributed by atoms with Crippen molar-refractivity contribution in [2.75, 3.05) is 25.0 Å². The van der Waals surface area contributed by atoms with Gasteiger partial charge in [-0.2, -0.15) is 0 Å². The van der Waals surface area contributed by atoms with E-state index < -0.39 is 0 Å². The lowest BCUT2D eigenvalue weighted by atomic mass is 9.97. The van der Waals surface area contributed by atoms with Gasteiger partial charge in [-0.3, -0.25) is 14.5 Å². The lowest BCUT2D eigenvalue weighted by molar-refractivity contribution is -0.123. The van der Waals surface area contributed by atoms with Gasteiger partial charge in [0.15, 0.2) is 0 Å². The maximum Gasteiger partial charge on any atom is 0.224 e. The molecule has 1 atom stereocenters. The molecule has 5 N–H and O–H groups in total. The summed E-state index contributed by atoms with van der Waals surface area (Å²) in [5, 5.41) is 2.95. The Labute approximate surface area is 156 Å². The number of primary amides is 1. The molecular formula is C20H32N4O2. The number of carbonyl (C=O) groups excluding carboxylic acids is 2. The Morgan fingerprint density at radius 2 is 1.85 bits per heavy atom. The Bertz CT molecular complexity index is 574. The van der Waals surface area contributed by atoms with E-state index in [2.05, 4.69) is 10.2 Å². The largest absolute Gasteiger partial charge is 0.369 e. The van der Waals surface area contributed by atoms with Gasteiger partial charge in [0.2, 0.25) is 11.8 Å². The maximum absolute atomic E-state index is 12.0. The summed E-state index contributed by atoms with van der Waals surface area (Å²) in [5.74, 6) is -0.172. The summed E-state index contributed by atoms with van der Waals surface area (Å²) >= 11 is 0. The Morgan fingerprint density at radius 1 is 1.12 bits per heavy atom. The van der Waals surface area contributed by atoms with Crippen LogP contribution in [0.1, 0.15) is 50.5 Å². The molecule has 0 radical (unpaired) electrons. The van der Waals surface area contributed by atoms with E-state index in [9.17, 15) is 9.59 Å². The van der Waals surface area contributed by atoms with Crippen molar-refractivity contribution in [2.45, 2.75) is 51.5 Å². The van der Waals surface area contributed by atoms with Gasteiger partial charge in [-0.15, -0.1) is 0 Å². The highest BCUT2D eigenvalue weighted by Crippen LogP contribution is 2.19. The van der Waals surface area contributed by atoms with Gasteiger partial charge < -0.3 is 16.8 Å². The van der Waals surface area contributed by atoms with Gasteiger partial charge >= 0.3 is 0 Å². The third-order valence-electron chi connectivity index (χ3n) is 4.91. The van der Waals surface area contributed by atoms with Crippen LogP contribution in [0.2, 0.25) is 0 Å². The molecule has 1 saturated heterocycles. The summed E-state index contributed by atoms with van der Waals surface area (Å²) in [5.41, 5.74) is 12.9. The number of piperidine rings is 1. The van der Waals surface area contributed by atoms with Gasteiger partial charge in [-0.25, -0.2) is 0 Å². The Hall–Kier alpha value is -1.92. The number of carbonyl (C=O) groups is 2. The first-order valence-corrected chi connectivity index (χ1v) is 9.69. The number of nitrogens with zero attached hydrogens (tertiary/aromatic N) is 1. The standard InChI is InChI=1S/C20H32N4O2/c21-12-4-2-1-3-7-19(25)23-18-10-8-16(9-11-18)14-24-13-5-6-17(15-24)20(22)26/h8-11,17H,1-7,12-15,21H2,(H2,22,26)(H,23,25). The van der Waals surface area contributed by atoms with E-state index in [1.54, 1.807) is 0 Å². The van der Waals surface area contributed by atoms with Crippen molar-refractivity contribution in [1.29, 1.82) is 0 Å². The van der Waals surface area contributed by atoms with Crippen LogP contribution in [0, 0.1) is 5.92 Å². The fourth-order valence-electron chi connectivity index (χ4n) is 3.39. The van der Waals surface area contributed by atoms with Gasteiger partial charge in [0, 0.05) is 25.2 Å². The summed E-state index contributed by atoms with van der Waals surface area (Å²) in [6, 6.07) is 7.95. The molecule has 0 bridgehead atoms. The number of hydrogen-bond acceptors (Lipinski definition) is 4. The minimum atomic E-state index is -0.198. The monoisotopic (exact) mass is 360 g/mol. The number of unbranched alkanes of at least 4 members (excludes halogenated alkanes) is 3. The first-order valence-electron chi connectivity index (χ1n) is 9.69. The zero-order chi connectivity index (χ0) is 18.8. The molecule has 1 aromatic rings. The molecule has 0 aromatic heterocycles. The molecule has 1 unspecified atom stereocenters. The topological polar surface area (TPSA) is 101 Å². The van der Waals surface area contributed by atoms with Gasteiger partial charge in [-0.1, -0.05) is 25.0 Å². The second-order valence-corrected chi connectivity index (χ2v) is 7.17. The van der Waals surface area contributed by atoms with Gasteiger partial charge in [0.05, 0.1) is 5.92 Å². The Balaban J connectivity index is 1.73. The van der Waals surface area contributed by atoms with E-state index >= 15 is 0 Å². The number of rotatable bonds is 10. The van der Waals surface area contributed by atoms with Crippen molar-refractivity contribution >= 4 is 17.5 Å². The molecule has 1 aliphatic heterocycles. The van der Waals surface area contributed by atoms with Crippen molar-refractivity contribution in [1.82, 2.24) is 4.90 Å². The first-order chi connectivity index (χ1) is 12.6. The molecule has 0 saturated carbocycles. The lowest BCUT2D eigenvalue weighted by Gasteiger charge is -2.31. The molecule has 6 nitrogen and oxygen atoms in total. The van der Waals surface area contributed by atoms with Crippen molar-refractivity contribution in [3.8, 4) is 0 Å². The molecule has 1 aliphatic rings. The SMILES string of the molecule is NCCCCCCC(=O)Nc1ccc(CN2CCCC(C(N)=O)C2)cc1. The fourth-order valence-corrected chi connectivity index (χ4v) is 3.39. The normalized spacial score (nSPS) is 17.8. The van der Waals surface area contributed by atoms with Gasteiger partial charge in [0.25, 0.3) is 0 Å². The smallest absolute Gasteiger partial charge is 0.224 e. The molecule has 0 spiro atoms. The predicted molar refractivity (Wildman–Crippen MR) is 104 cm³/mol. The van der Waals surface area contributed by atoms with Crippen LogP contribution in [0.25, 0.3) is 0 Å². The van der Waals surface area contributed by atoms with E-state index in [0.717, 1.165) is 70.4 Å². The summed E-state index contributed by atoms with van der Waals surface area (Å²) in [6.45, 7) is 3.25. The minimum absolute atomic E-state index is 0.0350. The number of anilines is 1. The quantitative estimate of drug-likeness (QED) is 0.557. The minimum Gasteiger partial charge on any atom is -0.369 e. The third-order valence-corrected chi connectivity index (χ3v) is 4.91. The molecule has 1 heterocycles. The number of nitrogens with two attached hydrogens (primary N) is 2. The second kappa shape index (κ2) is 10.9. The molecule has 1 aromatic carbocycles. The third kappa shape index (κ3) is 7.14. The number of hydrogen-bond donors (Lipinski definition) is 3. The van der Waals surface area contributed by atoms with Crippen LogP contribution in [0.15, 0.2) is 24.3 Å². The number of benzene rings is 1. The van der Waals surface area contributed by atoms with Crippen LogP contribution in [0.4, 0.5) is 5.69 Å². The zero-order valence-corrected chi connectivity index (χ0v) is 15.6. The van der Waals surface area contributed by atoms with Crippen molar-refractivity contribution in [2.24, 2.45) is 17.4 Å². The average molecular weight is 361 g/mol. The Morgan fingerprint density at radius 3 is 2.54 bits per heavy atom. The van der Waals surface area contributed by atoms with Gasteiger partial charge in [-0.05, 0) is 56.5 Å². The summed E-state index contributed by atoms with van der Waals surface area (Å²) in [4.78, 5) is 25.6. The Kier molecular flexibility index (Phi) is 8.58. The van der Waals surface area contributed by atoms with Crippen LogP contribution in [0.3, 0.4) is 0 Å². The molecule has 2 amide bonds. The van der Waals surface area contributed by atoms with E-state index in [1.165, 1.54) is 5.56 Å². The molecule has 1 fully saturated rings. The van der Waals surface area contributed by atoms with Crippen molar-refractivity contribution in [3.05, 3.63) is 29.8 Å². The van der Waals surface area contributed by atoms with Crippen LogP contribution in [-0.2, 0) is 16.1 Å². The van der Waals surface area contributed by atoms with E-state index in [1.807, 2.05) is 24.3 Å². The predicted octanol–water partition coefficient (Wildman–Crippen LogP) is 2.23. The molecule has 2 rings (SSSR count). The van der Waals surface area contributed by atoms with Crippen LogP contribution in [0.5, 0.6) is 0 Å². The lowest BCUT2D eigenvalue weighted by Crippen LogP contribution is -2.40. The van der Waals surface area contributed by atoms with Crippen LogP contribution in [-0.4, -0.2) is 36.3 Å². The molecule has 6 heteroatoms. The van der Waals surface area contributed by atoms with E-state index in [0.29, 0.717) is 6.42 Å². The van der Waals surface area contributed by atoms with E-state index in [-0.39, 0.29) is 17.7 Å². The number of nitrogens with one attached hydrogen (secondary N) is 1. The van der Waals surface area contributed by atoms with E-state index in [4.69, 9.17) is 11.5 Å². The zero-order valence-electron chi connectivity index (χ0n) is 15.6. The second-order valence-electron chi connectivity index (χ2n) is 7.17. The number of likely N-dealkylation sites (tertiary alicyclic amines) is 1. The fraction of sp³-hybridized carbons (Fsp3) is 0.600.